The molecule has 2 heterocycles. The second kappa shape index (κ2) is 4.70. The fraction of sp³-hybridized carbons (Fsp3) is 0.500. The molecule has 5 nitrogen and oxygen atoms in total. The van der Waals surface area contributed by atoms with Crippen LogP contribution in [0, 0.1) is 6.92 Å². The predicted molar refractivity (Wildman–Crippen MR) is 66.8 cm³/mol. The van der Waals surface area contributed by atoms with Crippen molar-refractivity contribution >= 4 is 18.6 Å². The Morgan fingerprint density at radius 2 is 2.28 bits per heavy atom. The number of esters is 1. The molecule has 1 aliphatic rings. The van der Waals surface area contributed by atoms with Gasteiger partial charge in [-0.3, -0.25) is 4.98 Å². The van der Waals surface area contributed by atoms with Crippen molar-refractivity contribution in [2.75, 3.05) is 13.7 Å². The van der Waals surface area contributed by atoms with Crippen molar-refractivity contribution in [2.45, 2.75) is 26.4 Å². The summed E-state index contributed by atoms with van der Waals surface area (Å²) in [6.45, 7) is 6.22. The normalized spacial score (nSPS) is 17.9. The average molecular weight is 249 g/mol. The number of carbonyl (C=O) groups excluding carboxylic acids is 1. The molecule has 1 aliphatic heterocycles. The van der Waals surface area contributed by atoms with Gasteiger partial charge in [-0.15, -0.1) is 0 Å². The van der Waals surface area contributed by atoms with E-state index in [1.165, 1.54) is 13.3 Å². The number of aryl methyl sites for hydroxylation is 1. The van der Waals surface area contributed by atoms with Crippen LogP contribution in [0.1, 0.15) is 29.9 Å². The van der Waals surface area contributed by atoms with E-state index < -0.39 is 13.1 Å². The van der Waals surface area contributed by atoms with Gasteiger partial charge in [-0.2, -0.15) is 0 Å². The number of pyridine rings is 1. The largest absolute Gasteiger partial charge is 0.495 e. The molecule has 0 radical (unpaired) electrons. The molecule has 0 bridgehead atoms. The van der Waals surface area contributed by atoms with Crippen LogP contribution in [0.5, 0.6) is 0 Å². The Hall–Kier alpha value is -1.40. The number of hydrogen-bond acceptors (Lipinski definition) is 5. The van der Waals surface area contributed by atoms with Crippen molar-refractivity contribution in [1.82, 2.24) is 4.98 Å². The summed E-state index contributed by atoms with van der Waals surface area (Å²) in [6.07, 6.45) is 1.49. The number of aromatic nitrogens is 1. The Balaban J connectivity index is 2.37. The Bertz CT molecular complexity index is 475. The van der Waals surface area contributed by atoms with Crippen LogP contribution in [0.4, 0.5) is 0 Å². The first-order chi connectivity index (χ1) is 8.43. The number of ether oxygens (including phenoxy) is 1. The highest BCUT2D eigenvalue weighted by Crippen LogP contribution is 2.20. The van der Waals surface area contributed by atoms with Gasteiger partial charge >= 0.3 is 13.1 Å². The summed E-state index contributed by atoms with van der Waals surface area (Å²) < 4.78 is 16.1. The van der Waals surface area contributed by atoms with Gasteiger partial charge in [0.05, 0.1) is 24.9 Å². The van der Waals surface area contributed by atoms with Crippen molar-refractivity contribution in [3.05, 3.63) is 23.5 Å². The quantitative estimate of drug-likeness (QED) is 0.570. The van der Waals surface area contributed by atoms with E-state index in [1.54, 1.807) is 6.07 Å². The molecule has 0 aromatic carbocycles. The Morgan fingerprint density at radius 1 is 1.56 bits per heavy atom. The smallest absolute Gasteiger partial charge is 0.465 e. The van der Waals surface area contributed by atoms with Crippen LogP contribution < -0.4 is 5.46 Å². The molecule has 0 saturated carbocycles. The second-order valence-electron chi connectivity index (χ2n) is 4.92. The lowest BCUT2D eigenvalue weighted by molar-refractivity contribution is 0.0601. The highest BCUT2D eigenvalue weighted by molar-refractivity contribution is 6.63. The molecule has 6 heteroatoms. The summed E-state index contributed by atoms with van der Waals surface area (Å²) in [5.41, 5.74) is 1.50. The van der Waals surface area contributed by atoms with Crippen molar-refractivity contribution in [2.24, 2.45) is 0 Å². The zero-order valence-electron chi connectivity index (χ0n) is 11.0. The lowest BCUT2D eigenvalue weighted by Crippen LogP contribution is -2.38. The van der Waals surface area contributed by atoms with Crippen LogP contribution in [0.3, 0.4) is 0 Å². The van der Waals surface area contributed by atoms with Gasteiger partial charge in [-0.1, -0.05) is 0 Å². The summed E-state index contributed by atoms with van der Waals surface area (Å²) >= 11 is 0. The van der Waals surface area contributed by atoms with Crippen molar-refractivity contribution < 1.29 is 18.8 Å². The van der Waals surface area contributed by atoms with E-state index in [0.717, 1.165) is 5.69 Å². The molecule has 0 spiro atoms. The summed E-state index contributed by atoms with van der Waals surface area (Å²) in [5.74, 6) is -0.436. The predicted octanol–water partition coefficient (Wildman–Crippen LogP) is 0.697. The third-order valence-corrected chi connectivity index (χ3v) is 2.74. The molecule has 1 aromatic heterocycles. The fourth-order valence-corrected chi connectivity index (χ4v) is 1.84. The van der Waals surface area contributed by atoms with Crippen LogP contribution in [0.15, 0.2) is 12.3 Å². The summed E-state index contributed by atoms with van der Waals surface area (Å²) in [7, 11) is 0.794. The van der Waals surface area contributed by atoms with Crippen LogP contribution in [-0.2, 0) is 14.0 Å². The van der Waals surface area contributed by atoms with E-state index >= 15 is 0 Å². The highest BCUT2D eigenvalue weighted by atomic mass is 16.7. The summed E-state index contributed by atoms with van der Waals surface area (Å²) in [4.78, 5) is 15.8. The third kappa shape index (κ3) is 2.54. The Morgan fingerprint density at radius 3 is 2.83 bits per heavy atom. The second-order valence-corrected chi connectivity index (χ2v) is 4.92. The number of rotatable bonds is 2. The van der Waals surface area contributed by atoms with Crippen molar-refractivity contribution in [3.8, 4) is 0 Å². The summed E-state index contributed by atoms with van der Waals surface area (Å²) in [6, 6.07) is 1.79. The Labute approximate surface area is 107 Å². The molecule has 0 aliphatic carbocycles. The van der Waals surface area contributed by atoms with Gasteiger partial charge in [0.25, 0.3) is 0 Å². The van der Waals surface area contributed by atoms with Gasteiger partial charge < -0.3 is 14.0 Å². The summed E-state index contributed by atoms with van der Waals surface area (Å²) in [5, 5.41) is 0. The van der Waals surface area contributed by atoms with Gasteiger partial charge in [0.2, 0.25) is 0 Å². The van der Waals surface area contributed by atoms with E-state index in [-0.39, 0.29) is 5.60 Å². The van der Waals surface area contributed by atoms with Crippen molar-refractivity contribution in [1.29, 1.82) is 0 Å². The molecule has 1 fully saturated rings. The van der Waals surface area contributed by atoms with E-state index in [4.69, 9.17) is 14.0 Å². The molecule has 0 unspecified atom stereocenters. The molecule has 0 amide bonds. The number of carbonyl (C=O) groups is 1. The molecule has 2 rings (SSSR count). The Kier molecular flexibility index (Phi) is 3.41. The van der Waals surface area contributed by atoms with Gasteiger partial charge in [-0.05, 0) is 26.8 Å². The zero-order chi connectivity index (χ0) is 13.3. The SMILES string of the molecule is COC(=O)c1cnc(C)cc1B1OCC(C)(C)O1. The zero-order valence-corrected chi connectivity index (χ0v) is 11.0. The minimum absolute atomic E-state index is 0.352. The van der Waals surface area contributed by atoms with Crippen LogP contribution in [0.2, 0.25) is 0 Å². The monoisotopic (exact) mass is 249 g/mol. The van der Waals surface area contributed by atoms with Gasteiger partial charge in [0.1, 0.15) is 0 Å². The first-order valence-corrected chi connectivity index (χ1v) is 5.77. The first kappa shape index (κ1) is 13.0. The fourth-order valence-electron chi connectivity index (χ4n) is 1.84. The highest BCUT2D eigenvalue weighted by Gasteiger charge is 2.40. The van der Waals surface area contributed by atoms with E-state index in [1.807, 2.05) is 20.8 Å². The topological polar surface area (TPSA) is 57.7 Å². The van der Waals surface area contributed by atoms with Gasteiger partial charge in [0, 0.05) is 17.4 Å². The minimum atomic E-state index is -0.546. The molecule has 96 valence electrons. The lowest BCUT2D eigenvalue weighted by Gasteiger charge is -2.16. The maximum atomic E-state index is 11.7. The number of nitrogens with zero attached hydrogens (tertiary/aromatic N) is 1. The molecule has 1 saturated heterocycles. The van der Waals surface area contributed by atoms with Gasteiger partial charge in [0.15, 0.2) is 0 Å². The molecule has 1 aromatic rings. The maximum Gasteiger partial charge on any atom is 0.495 e. The molecule has 18 heavy (non-hydrogen) atoms. The third-order valence-electron chi connectivity index (χ3n) is 2.74. The number of methoxy groups -OCH3 is 1. The van der Waals surface area contributed by atoms with E-state index in [2.05, 4.69) is 4.98 Å². The maximum absolute atomic E-state index is 11.7. The molecule has 0 N–H and O–H groups in total. The lowest BCUT2D eigenvalue weighted by atomic mass is 9.76. The van der Waals surface area contributed by atoms with Crippen LogP contribution in [-0.4, -0.2) is 37.4 Å². The van der Waals surface area contributed by atoms with Crippen LogP contribution in [0.25, 0.3) is 0 Å². The van der Waals surface area contributed by atoms with E-state index in [9.17, 15) is 4.79 Å². The van der Waals surface area contributed by atoms with E-state index in [0.29, 0.717) is 17.6 Å². The number of hydrogen-bond donors (Lipinski definition) is 0. The standard InChI is InChI=1S/C12H16BNO4/c1-8-5-10(9(6-14-8)11(15)16-4)13-17-7-12(2,3)18-13/h5-6H,7H2,1-4H3. The molecular formula is C12H16BNO4. The van der Waals surface area contributed by atoms with Crippen LogP contribution >= 0.6 is 0 Å². The molecule has 0 atom stereocenters. The van der Waals surface area contributed by atoms with Gasteiger partial charge in [-0.25, -0.2) is 4.79 Å². The van der Waals surface area contributed by atoms with Crippen molar-refractivity contribution in [3.63, 3.8) is 0 Å². The first-order valence-electron chi connectivity index (χ1n) is 5.77. The average Bonchev–Trinajstić information content (AvgIpc) is 2.68. The molecular weight excluding hydrogens is 233 g/mol. The minimum Gasteiger partial charge on any atom is -0.465 e.